The predicted octanol–water partition coefficient (Wildman–Crippen LogP) is 6.08. The van der Waals surface area contributed by atoms with Gasteiger partial charge in [0.05, 0.1) is 25.5 Å². The Morgan fingerprint density at radius 3 is 2.03 bits per heavy atom. The Labute approximate surface area is 196 Å². The van der Waals surface area contributed by atoms with Crippen molar-refractivity contribution in [2.24, 2.45) is 0 Å². The minimum absolute atomic E-state index is 0.147. The predicted molar refractivity (Wildman–Crippen MR) is 131 cm³/mol. The summed E-state index contributed by atoms with van der Waals surface area (Å²) in [5, 5.41) is 19.5. The summed E-state index contributed by atoms with van der Waals surface area (Å²) in [7, 11) is 2.24. The van der Waals surface area contributed by atoms with Crippen molar-refractivity contribution >= 4 is 11.6 Å². The molecule has 0 heterocycles. The summed E-state index contributed by atoms with van der Waals surface area (Å²) in [4.78, 5) is 0. The number of rotatable bonds is 10. The number of aromatic hydroxyl groups is 2. The van der Waals surface area contributed by atoms with Gasteiger partial charge >= 0.3 is 0 Å². The van der Waals surface area contributed by atoms with Crippen molar-refractivity contribution in [3.8, 4) is 17.2 Å². The fraction of sp³-hybridized carbons (Fsp3) is 0.333. The molecule has 0 fully saturated rings. The number of benzene rings is 3. The molecular weight excluding hydrogens is 422 g/mol. The third-order valence-corrected chi connectivity index (χ3v) is 6.94. The lowest BCUT2D eigenvalue weighted by Crippen LogP contribution is -2.46. The number of alkyl halides is 1. The summed E-state index contributed by atoms with van der Waals surface area (Å²) in [5.41, 5.74) is 2.83. The molecule has 3 aromatic rings. The molecule has 0 aromatic heterocycles. The maximum atomic E-state index is 10.1. The van der Waals surface area contributed by atoms with Crippen LogP contribution < -0.4 is 4.74 Å². The molecule has 2 N–H and O–H groups in total. The highest BCUT2D eigenvalue weighted by Gasteiger charge is 2.26. The standard InChI is InChI=1S/C27H32ClNO3/c1-4-29(3,5-2)17-18-32-23-14-11-20(12-15-23)26(22-13-16-24(30)25(31)19-22)27(28)21-9-7-6-8-10-21/h6-16,19,26-27H,4-5,17-18H2,1-3H3,(H-,30,31)/p+1. The number of nitrogens with zero attached hydrogens (tertiary/aromatic N) is 1. The van der Waals surface area contributed by atoms with Crippen LogP contribution in [0.1, 0.15) is 41.8 Å². The normalized spacial score (nSPS) is 13.5. The van der Waals surface area contributed by atoms with Gasteiger partial charge in [-0.2, -0.15) is 0 Å². The average Bonchev–Trinajstić information content (AvgIpc) is 2.83. The van der Waals surface area contributed by atoms with Crippen molar-refractivity contribution in [2.75, 3.05) is 33.3 Å². The molecule has 4 nitrogen and oxygen atoms in total. The molecule has 0 saturated heterocycles. The molecule has 3 aromatic carbocycles. The maximum absolute atomic E-state index is 10.1. The van der Waals surface area contributed by atoms with E-state index >= 15 is 0 Å². The van der Waals surface area contributed by atoms with E-state index in [-0.39, 0.29) is 22.8 Å². The van der Waals surface area contributed by atoms with Crippen molar-refractivity contribution < 1.29 is 19.4 Å². The van der Waals surface area contributed by atoms with E-state index in [1.165, 1.54) is 6.07 Å². The zero-order valence-electron chi connectivity index (χ0n) is 19.0. The lowest BCUT2D eigenvalue weighted by Gasteiger charge is -2.31. The number of halogens is 1. The highest BCUT2D eigenvalue weighted by atomic mass is 35.5. The van der Waals surface area contributed by atoms with Crippen LogP contribution in [0, 0.1) is 0 Å². The molecule has 5 heteroatoms. The number of ether oxygens (including phenoxy) is 1. The Hall–Kier alpha value is -2.69. The Morgan fingerprint density at radius 1 is 0.812 bits per heavy atom. The quantitative estimate of drug-likeness (QED) is 0.222. The van der Waals surface area contributed by atoms with Crippen LogP contribution in [0.25, 0.3) is 0 Å². The van der Waals surface area contributed by atoms with Crippen molar-refractivity contribution in [3.63, 3.8) is 0 Å². The third kappa shape index (κ3) is 5.76. The van der Waals surface area contributed by atoms with E-state index in [4.69, 9.17) is 16.3 Å². The van der Waals surface area contributed by atoms with Gasteiger partial charge in [-0.25, -0.2) is 0 Å². The molecule has 2 atom stereocenters. The molecule has 0 aliphatic heterocycles. The number of phenolic OH excluding ortho intramolecular Hbond substituents is 2. The molecule has 3 rings (SSSR count). The van der Waals surface area contributed by atoms with E-state index in [0.29, 0.717) is 6.61 Å². The Bertz CT molecular complexity index is 988. The van der Waals surface area contributed by atoms with E-state index in [1.807, 2.05) is 54.6 Å². The second-order valence-corrected chi connectivity index (χ2v) is 8.90. The second-order valence-electron chi connectivity index (χ2n) is 8.43. The van der Waals surface area contributed by atoms with Crippen molar-refractivity contribution in [1.82, 2.24) is 0 Å². The van der Waals surface area contributed by atoms with Crippen molar-refractivity contribution in [1.29, 1.82) is 0 Å². The monoisotopic (exact) mass is 454 g/mol. The van der Waals surface area contributed by atoms with E-state index in [0.717, 1.165) is 46.6 Å². The first kappa shape index (κ1) is 24.0. The second kappa shape index (κ2) is 10.8. The number of phenols is 2. The van der Waals surface area contributed by atoms with Crippen LogP contribution in [0.4, 0.5) is 0 Å². The van der Waals surface area contributed by atoms with Crippen LogP contribution in [0.5, 0.6) is 17.2 Å². The molecular formula is C27H33ClNO3+. The van der Waals surface area contributed by atoms with E-state index < -0.39 is 0 Å². The van der Waals surface area contributed by atoms with Crippen LogP contribution in [-0.4, -0.2) is 48.0 Å². The summed E-state index contributed by atoms with van der Waals surface area (Å²) in [6, 6.07) is 22.8. The molecule has 0 saturated carbocycles. The SMILES string of the molecule is CC[N+](C)(CC)CCOc1ccc(C(c2ccc(O)c(O)c2)C(Cl)c2ccccc2)cc1. The number of hydrogen-bond acceptors (Lipinski definition) is 3. The van der Waals surface area contributed by atoms with Crippen molar-refractivity contribution in [2.45, 2.75) is 25.1 Å². The Kier molecular flexibility index (Phi) is 8.05. The fourth-order valence-corrected chi connectivity index (χ4v) is 4.23. The summed E-state index contributed by atoms with van der Waals surface area (Å²) < 4.78 is 6.99. The largest absolute Gasteiger partial charge is 0.504 e. The van der Waals surface area contributed by atoms with Gasteiger partial charge in [0.2, 0.25) is 0 Å². The van der Waals surface area contributed by atoms with Crippen LogP contribution >= 0.6 is 11.6 Å². The number of likely N-dealkylation sites (N-methyl/N-ethyl adjacent to an activating group) is 1. The van der Waals surface area contributed by atoms with Gasteiger partial charge in [-0.15, -0.1) is 11.6 Å². The van der Waals surface area contributed by atoms with E-state index in [1.54, 1.807) is 12.1 Å². The van der Waals surface area contributed by atoms with Crippen LogP contribution in [0.15, 0.2) is 72.8 Å². The minimum Gasteiger partial charge on any atom is -0.504 e. The third-order valence-electron chi connectivity index (χ3n) is 6.44. The molecule has 0 aliphatic carbocycles. The van der Waals surface area contributed by atoms with Crippen LogP contribution in [0.2, 0.25) is 0 Å². The maximum Gasteiger partial charge on any atom is 0.157 e. The zero-order valence-corrected chi connectivity index (χ0v) is 19.8. The fourth-order valence-electron chi connectivity index (χ4n) is 3.79. The molecule has 0 radical (unpaired) electrons. The molecule has 0 amide bonds. The lowest BCUT2D eigenvalue weighted by atomic mass is 9.85. The summed E-state index contributed by atoms with van der Waals surface area (Å²) >= 11 is 6.96. The van der Waals surface area contributed by atoms with Gasteiger partial charge in [-0.3, -0.25) is 0 Å². The Balaban J connectivity index is 1.84. The minimum atomic E-state index is -0.348. The van der Waals surface area contributed by atoms with Gasteiger partial charge in [0.15, 0.2) is 11.5 Å². The van der Waals surface area contributed by atoms with E-state index in [2.05, 4.69) is 20.9 Å². The molecule has 170 valence electrons. The first-order chi connectivity index (χ1) is 15.4. The number of quaternary nitrogens is 1. The average molecular weight is 455 g/mol. The highest BCUT2D eigenvalue weighted by molar-refractivity contribution is 6.21. The molecule has 32 heavy (non-hydrogen) atoms. The van der Waals surface area contributed by atoms with Gasteiger partial charge in [-0.05, 0) is 54.8 Å². The molecule has 0 aliphatic rings. The first-order valence-corrected chi connectivity index (χ1v) is 11.6. The van der Waals surface area contributed by atoms with Crippen molar-refractivity contribution in [3.05, 3.63) is 89.5 Å². The van der Waals surface area contributed by atoms with Crippen LogP contribution in [0.3, 0.4) is 0 Å². The summed E-state index contributed by atoms with van der Waals surface area (Å²) in [6.07, 6.45) is 0. The van der Waals surface area contributed by atoms with E-state index in [9.17, 15) is 10.2 Å². The summed E-state index contributed by atoms with van der Waals surface area (Å²) in [6.45, 7) is 8.19. The van der Waals surface area contributed by atoms with Gasteiger partial charge in [0.25, 0.3) is 0 Å². The molecule has 0 spiro atoms. The lowest BCUT2D eigenvalue weighted by molar-refractivity contribution is -0.906. The summed E-state index contributed by atoms with van der Waals surface area (Å²) in [5.74, 6) is 0.314. The van der Waals surface area contributed by atoms with Gasteiger partial charge in [-0.1, -0.05) is 48.5 Å². The zero-order chi connectivity index (χ0) is 23.1. The highest BCUT2D eigenvalue weighted by Crippen LogP contribution is 2.43. The Morgan fingerprint density at radius 2 is 1.44 bits per heavy atom. The van der Waals surface area contributed by atoms with Gasteiger partial charge < -0.3 is 19.4 Å². The smallest absolute Gasteiger partial charge is 0.157 e. The topological polar surface area (TPSA) is 49.7 Å². The van der Waals surface area contributed by atoms with Gasteiger partial charge in [0.1, 0.15) is 18.9 Å². The van der Waals surface area contributed by atoms with Gasteiger partial charge in [0, 0.05) is 5.92 Å². The molecule has 2 unspecified atom stereocenters. The first-order valence-electron chi connectivity index (χ1n) is 11.1. The molecule has 0 bridgehead atoms. The number of hydrogen-bond donors (Lipinski definition) is 2. The van der Waals surface area contributed by atoms with Crippen LogP contribution in [-0.2, 0) is 0 Å².